The highest BCUT2D eigenvalue weighted by Gasteiger charge is 2.29. The van der Waals surface area contributed by atoms with E-state index in [1.807, 2.05) is 0 Å². The lowest BCUT2D eigenvalue weighted by molar-refractivity contribution is 0.119. The molecule has 3 heteroatoms. The van der Waals surface area contributed by atoms with Crippen LogP contribution in [0.2, 0.25) is 0 Å². The van der Waals surface area contributed by atoms with Crippen LogP contribution < -0.4 is 0 Å². The molecule has 0 unspecified atom stereocenters. The van der Waals surface area contributed by atoms with Crippen LogP contribution in [0.15, 0.2) is 0 Å². The van der Waals surface area contributed by atoms with E-state index in [1.54, 1.807) is 0 Å². The second-order valence-electron chi connectivity index (χ2n) is 5.20. The van der Waals surface area contributed by atoms with Crippen LogP contribution in [0.5, 0.6) is 0 Å². The van der Waals surface area contributed by atoms with Gasteiger partial charge in [-0.15, -0.1) is 0 Å². The zero-order chi connectivity index (χ0) is 10.7. The Balaban J connectivity index is 1.71. The molecule has 0 aromatic carbocycles. The highest BCUT2D eigenvalue weighted by molar-refractivity contribution is 4.85. The third kappa shape index (κ3) is 3.44. The normalized spacial score (nSPS) is 28.6. The van der Waals surface area contributed by atoms with Crippen LogP contribution in [0, 0.1) is 5.92 Å². The Hall–Kier alpha value is -0.120. The molecule has 88 valence electrons. The van der Waals surface area contributed by atoms with E-state index in [4.69, 9.17) is 5.11 Å². The Labute approximate surface area is 93.1 Å². The minimum atomic E-state index is 0.311. The molecule has 1 N–H and O–H groups in total. The smallest absolute Gasteiger partial charge is 0.0558 e. The molecule has 0 bridgehead atoms. The molecule has 1 atom stereocenters. The van der Waals surface area contributed by atoms with Crippen LogP contribution in [-0.4, -0.2) is 60.8 Å². The first-order valence-electron chi connectivity index (χ1n) is 6.33. The fourth-order valence-corrected chi connectivity index (χ4v) is 2.72. The van der Waals surface area contributed by atoms with E-state index in [0.717, 1.165) is 18.5 Å². The van der Waals surface area contributed by atoms with Gasteiger partial charge in [0.25, 0.3) is 0 Å². The van der Waals surface area contributed by atoms with E-state index < -0.39 is 0 Å². The molecule has 1 saturated heterocycles. The van der Waals surface area contributed by atoms with E-state index in [2.05, 4.69) is 16.8 Å². The first-order valence-corrected chi connectivity index (χ1v) is 6.33. The van der Waals surface area contributed by atoms with Crippen molar-refractivity contribution in [3.8, 4) is 0 Å². The molecule has 1 heterocycles. The summed E-state index contributed by atoms with van der Waals surface area (Å²) in [4.78, 5) is 4.95. The molecule has 0 spiro atoms. The Morgan fingerprint density at radius 1 is 1.33 bits per heavy atom. The molecular formula is C12H24N2O. The molecule has 2 aliphatic rings. The highest BCUT2D eigenvalue weighted by atomic mass is 16.3. The Kier molecular flexibility index (Phi) is 4.00. The van der Waals surface area contributed by atoms with Gasteiger partial charge < -0.3 is 14.9 Å². The minimum absolute atomic E-state index is 0.311. The number of hydrogen-bond donors (Lipinski definition) is 1. The Bertz CT molecular complexity index is 192. The van der Waals surface area contributed by atoms with Crippen LogP contribution >= 0.6 is 0 Å². The predicted molar refractivity (Wildman–Crippen MR) is 61.9 cm³/mol. The van der Waals surface area contributed by atoms with Gasteiger partial charge in [0.15, 0.2) is 0 Å². The van der Waals surface area contributed by atoms with Crippen molar-refractivity contribution in [3.63, 3.8) is 0 Å². The average Bonchev–Trinajstić information content (AvgIpc) is 3.01. The van der Waals surface area contributed by atoms with Crippen LogP contribution in [0.3, 0.4) is 0 Å². The largest absolute Gasteiger partial charge is 0.395 e. The van der Waals surface area contributed by atoms with Gasteiger partial charge in [-0.3, -0.25) is 0 Å². The number of aliphatic hydroxyl groups excluding tert-OH is 1. The van der Waals surface area contributed by atoms with Gasteiger partial charge in [-0.1, -0.05) is 0 Å². The van der Waals surface area contributed by atoms with Crippen molar-refractivity contribution in [2.24, 2.45) is 5.92 Å². The molecule has 0 amide bonds. The molecule has 0 aromatic heterocycles. The summed E-state index contributed by atoms with van der Waals surface area (Å²) >= 11 is 0. The third-order valence-corrected chi connectivity index (χ3v) is 3.74. The third-order valence-electron chi connectivity index (χ3n) is 3.74. The maximum absolute atomic E-state index is 8.93. The van der Waals surface area contributed by atoms with Crippen LogP contribution in [0.4, 0.5) is 0 Å². The van der Waals surface area contributed by atoms with Gasteiger partial charge in [-0.25, -0.2) is 0 Å². The topological polar surface area (TPSA) is 26.7 Å². The van der Waals surface area contributed by atoms with Crippen LogP contribution in [0.25, 0.3) is 0 Å². The van der Waals surface area contributed by atoms with Gasteiger partial charge in [0.05, 0.1) is 6.61 Å². The Morgan fingerprint density at radius 3 is 2.80 bits per heavy atom. The standard InChI is InChI=1S/C12H24N2O/c1-13(12-4-5-12)9-11-3-2-6-14(10-11)7-8-15/h11-12,15H,2-10H2,1H3/t11-/m1/s1. The molecule has 0 aromatic rings. The molecule has 2 rings (SSSR count). The van der Waals surface area contributed by atoms with Crippen LogP contribution in [-0.2, 0) is 0 Å². The number of hydrogen-bond acceptors (Lipinski definition) is 3. The molecular weight excluding hydrogens is 188 g/mol. The molecule has 1 aliphatic heterocycles. The van der Waals surface area contributed by atoms with Crippen molar-refractivity contribution in [3.05, 3.63) is 0 Å². The number of likely N-dealkylation sites (tertiary alicyclic amines) is 1. The van der Waals surface area contributed by atoms with E-state index in [0.29, 0.717) is 6.61 Å². The van der Waals surface area contributed by atoms with Gasteiger partial charge in [-0.2, -0.15) is 0 Å². The lowest BCUT2D eigenvalue weighted by Crippen LogP contribution is -2.41. The van der Waals surface area contributed by atoms with Crippen molar-refractivity contribution in [2.45, 2.75) is 31.7 Å². The minimum Gasteiger partial charge on any atom is -0.395 e. The summed E-state index contributed by atoms with van der Waals surface area (Å²) in [5.41, 5.74) is 0. The first-order chi connectivity index (χ1) is 7.29. The monoisotopic (exact) mass is 212 g/mol. The van der Waals surface area contributed by atoms with Gasteiger partial charge >= 0.3 is 0 Å². The van der Waals surface area contributed by atoms with E-state index in [-0.39, 0.29) is 0 Å². The lowest BCUT2D eigenvalue weighted by Gasteiger charge is -2.34. The summed E-state index contributed by atoms with van der Waals surface area (Å²) in [6.45, 7) is 4.81. The molecule has 3 nitrogen and oxygen atoms in total. The van der Waals surface area contributed by atoms with Gasteiger partial charge in [0.1, 0.15) is 0 Å². The number of aliphatic hydroxyl groups is 1. The van der Waals surface area contributed by atoms with Crippen molar-refractivity contribution >= 4 is 0 Å². The molecule has 1 aliphatic carbocycles. The number of piperidine rings is 1. The second-order valence-corrected chi connectivity index (χ2v) is 5.20. The summed E-state index contributed by atoms with van der Waals surface area (Å²) in [7, 11) is 2.27. The van der Waals surface area contributed by atoms with Crippen molar-refractivity contribution in [1.82, 2.24) is 9.80 Å². The summed E-state index contributed by atoms with van der Waals surface area (Å²) in [5, 5.41) is 8.93. The summed E-state index contributed by atoms with van der Waals surface area (Å²) < 4.78 is 0. The number of nitrogens with zero attached hydrogens (tertiary/aromatic N) is 2. The SMILES string of the molecule is CN(C[C@H]1CCCN(CCO)C1)C1CC1. The summed E-state index contributed by atoms with van der Waals surface area (Å²) in [6.07, 6.45) is 5.50. The van der Waals surface area contributed by atoms with Crippen LogP contribution in [0.1, 0.15) is 25.7 Å². The zero-order valence-corrected chi connectivity index (χ0v) is 9.86. The van der Waals surface area contributed by atoms with Crippen molar-refractivity contribution < 1.29 is 5.11 Å². The predicted octanol–water partition coefficient (Wildman–Crippen LogP) is 0.785. The summed E-state index contributed by atoms with van der Waals surface area (Å²) in [6, 6.07) is 0.887. The number of rotatable bonds is 5. The van der Waals surface area contributed by atoms with E-state index >= 15 is 0 Å². The maximum atomic E-state index is 8.93. The van der Waals surface area contributed by atoms with Gasteiger partial charge in [0, 0.05) is 25.7 Å². The number of β-amino-alcohol motifs (C(OH)–C–C–N with tert-alkyl or cyclic N) is 1. The molecule has 15 heavy (non-hydrogen) atoms. The quantitative estimate of drug-likeness (QED) is 0.730. The maximum Gasteiger partial charge on any atom is 0.0558 e. The average molecular weight is 212 g/mol. The lowest BCUT2D eigenvalue weighted by atomic mass is 9.97. The van der Waals surface area contributed by atoms with E-state index in [9.17, 15) is 0 Å². The van der Waals surface area contributed by atoms with Crippen molar-refractivity contribution in [1.29, 1.82) is 0 Å². The fourth-order valence-electron chi connectivity index (χ4n) is 2.72. The van der Waals surface area contributed by atoms with E-state index in [1.165, 1.54) is 45.3 Å². The zero-order valence-electron chi connectivity index (χ0n) is 9.86. The first kappa shape index (κ1) is 11.4. The molecule has 2 fully saturated rings. The Morgan fingerprint density at radius 2 is 2.13 bits per heavy atom. The van der Waals surface area contributed by atoms with Gasteiger partial charge in [0.2, 0.25) is 0 Å². The van der Waals surface area contributed by atoms with Gasteiger partial charge in [-0.05, 0) is 45.2 Å². The second kappa shape index (κ2) is 5.28. The molecule has 0 radical (unpaired) electrons. The molecule has 1 saturated carbocycles. The highest BCUT2D eigenvalue weighted by Crippen LogP contribution is 2.27. The fraction of sp³-hybridized carbons (Fsp3) is 1.00. The summed E-state index contributed by atoms with van der Waals surface area (Å²) in [5.74, 6) is 0.830. The van der Waals surface area contributed by atoms with Crippen molar-refractivity contribution in [2.75, 3.05) is 39.8 Å².